The van der Waals surface area contributed by atoms with E-state index < -0.39 is 11.9 Å². The molecule has 0 aliphatic carbocycles. The number of carbonyl (C=O) groups excluding carboxylic acids is 2. The lowest BCUT2D eigenvalue weighted by Gasteiger charge is -2.10. The van der Waals surface area contributed by atoms with Crippen LogP contribution < -0.4 is 10.9 Å². The number of anilines is 1. The highest BCUT2D eigenvalue weighted by Crippen LogP contribution is 2.36. The highest BCUT2D eigenvalue weighted by atomic mass is 35.5. The van der Waals surface area contributed by atoms with Crippen molar-refractivity contribution < 1.29 is 14.3 Å². The minimum atomic E-state index is -0.526. The maximum atomic E-state index is 12.6. The summed E-state index contributed by atoms with van der Waals surface area (Å²) >= 11 is 7.17. The van der Waals surface area contributed by atoms with Gasteiger partial charge in [0, 0.05) is 27.7 Å². The number of amides is 1. The number of ether oxygens (including phenoxy) is 1. The van der Waals surface area contributed by atoms with Crippen LogP contribution in [0.4, 0.5) is 5.00 Å². The predicted molar refractivity (Wildman–Crippen MR) is 115 cm³/mol. The molecule has 0 spiro atoms. The molecule has 0 aliphatic rings. The highest BCUT2D eigenvalue weighted by molar-refractivity contribution is 7.15. The van der Waals surface area contributed by atoms with Gasteiger partial charge in [0.05, 0.1) is 6.61 Å². The van der Waals surface area contributed by atoms with Crippen LogP contribution in [-0.2, 0) is 16.1 Å². The first-order valence-corrected chi connectivity index (χ1v) is 10.2. The molecule has 0 radical (unpaired) electrons. The second-order valence-electron chi connectivity index (χ2n) is 6.25. The normalized spacial score (nSPS) is 10.6. The number of aryl methyl sites for hydroxylation is 1. The van der Waals surface area contributed by atoms with Crippen LogP contribution in [0.3, 0.4) is 0 Å². The second kappa shape index (κ2) is 9.07. The van der Waals surface area contributed by atoms with Crippen LogP contribution in [-0.4, -0.2) is 23.1 Å². The fraction of sp³-hybridized carbons (Fsp3) is 0.190. The zero-order chi connectivity index (χ0) is 21.0. The Kier molecular flexibility index (Phi) is 6.51. The van der Waals surface area contributed by atoms with Crippen LogP contribution in [0.25, 0.3) is 11.1 Å². The zero-order valence-corrected chi connectivity index (χ0v) is 17.5. The third-order valence-electron chi connectivity index (χ3n) is 4.20. The molecule has 3 aromatic rings. The molecular formula is C21H19ClN2O4S. The minimum absolute atomic E-state index is 0.156. The minimum Gasteiger partial charge on any atom is -0.462 e. The van der Waals surface area contributed by atoms with Crippen LogP contribution in [0.15, 0.2) is 52.8 Å². The molecule has 1 amide bonds. The third-order valence-corrected chi connectivity index (χ3v) is 5.35. The highest BCUT2D eigenvalue weighted by Gasteiger charge is 2.23. The molecule has 2 aromatic heterocycles. The number of carbonyl (C=O) groups is 2. The summed E-state index contributed by atoms with van der Waals surface area (Å²) in [4.78, 5) is 37.2. The van der Waals surface area contributed by atoms with Gasteiger partial charge < -0.3 is 14.6 Å². The lowest BCUT2D eigenvalue weighted by molar-refractivity contribution is -0.116. The molecular weight excluding hydrogens is 412 g/mol. The average Bonchev–Trinajstić information content (AvgIpc) is 3.09. The third kappa shape index (κ3) is 4.75. The molecule has 0 unspecified atom stereocenters. The van der Waals surface area contributed by atoms with Crippen LogP contribution in [0, 0.1) is 6.92 Å². The van der Waals surface area contributed by atoms with Gasteiger partial charge in [-0.05, 0) is 37.6 Å². The number of nitrogens with zero attached hydrogens (tertiary/aromatic N) is 1. The average molecular weight is 431 g/mol. The van der Waals surface area contributed by atoms with Crippen LogP contribution in [0.2, 0.25) is 5.02 Å². The summed E-state index contributed by atoms with van der Waals surface area (Å²) in [7, 11) is 0. The Morgan fingerprint density at radius 2 is 1.93 bits per heavy atom. The number of rotatable bonds is 6. The van der Waals surface area contributed by atoms with E-state index in [9.17, 15) is 14.4 Å². The lowest BCUT2D eigenvalue weighted by atomic mass is 10.0. The van der Waals surface area contributed by atoms with E-state index in [1.165, 1.54) is 15.9 Å². The molecule has 8 heteroatoms. The van der Waals surface area contributed by atoms with Crippen LogP contribution in [0.5, 0.6) is 0 Å². The molecule has 1 N–H and O–H groups in total. The van der Waals surface area contributed by atoms with E-state index >= 15 is 0 Å². The second-order valence-corrected chi connectivity index (χ2v) is 7.57. The number of thiophene rings is 1. The van der Waals surface area contributed by atoms with E-state index in [0.717, 1.165) is 5.56 Å². The van der Waals surface area contributed by atoms with Crippen molar-refractivity contribution in [2.45, 2.75) is 20.4 Å². The maximum absolute atomic E-state index is 12.6. The number of hydrogen-bond donors (Lipinski definition) is 1. The Balaban J connectivity index is 1.91. The van der Waals surface area contributed by atoms with Crippen molar-refractivity contribution in [3.8, 4) is 11.1 Å². The number of pyridine rings is 1. The zero-order valence-electron chi connectivity index (χ0n) is 15.9. The van der Waals surface area contributed by atoms with Gasteiger partial charge in [-0.2, -0.15) is 0 Å². The van der Waals surface area contributed by atoms with Crippen LogP contribution in [0.1, 0.15) is 22.8 Å². The number of esters is 1. The van der Waals surface area contributed by atoms with Crippen molar-refractivity contribution in [3.63, 3.8) is 0 Å². The van der Waals surface area contributed by atoms with E-state index in [4.69, 9.17) is 16.3 Å². The maximum Gasteiger partial charge on any atom is 0.341 e. The Hall–Kier alpha value is -2.90. The molecule has 0 atom stereocenters. The number of hydrogen-bond acceptors (Lipinski definition) is 5. The van der Waals surface area contributed by atoms with Crippen molar-refractivity contribution in [1.29, 1.82) is 0 Å². The smallest absolute Gasteiger partial charge is 0.341 e. The van der Waals surface area contributed by atoms with E-state index in [0.29, 0.717) is 21.2 Å². The molecule has 2 heterocycles. The monoisotopic (exact) mass is 430 g/mol. The van der Waals surface area contributed by atoms with Gasteiger partial charge >= 0.3 is 5.97 Å². The molecule has 1 aromatic carbocycles. The van der Waals surface area contributed by atoms with Gasteiger partial charge in [0.25, 0.3) is 5.56 Å². The summed E-state index contributed by atoms with van der Waals surface area (Å²) in [5.74, 6) is -0.936. The molecule has 0 saturated carbocycles. The van der Waals surface area contributed by atoms with Crippen LogP contribution >= 0.6 is 22.9 Å². The first-order valence-electron chi connectivity index (χ1n) is 8.91. The quantitative estimate of drug-likeness (QED) is 0.589. The summed E-state index contributed by atoms with van der Waals surface area (Å²) in [5.41, 5.74) is 2.02. The SMILES string of the molecule is CCOC(=O)c1c(-c2ccc(Cl)cc2)csc1NC(=O)Cn1cccc(C)c1=O. The first kappa shape index (κ1) is 20.8. The molecule has 0 saturated heterocycles. The molecule has 3 rings (SSSR count). The fourth-order valence-electron chi connectivity index (χ4n) is 2.80. The standard InChI is InChI=1S/C21H19ClN2O4S/c1-3-28-21(27)18-16(14-6-8-15(22)9-7-14)12-29-19(18)23-17(25)11-24-10-4-5-13(2)20(24)26/h4-10,12H,3,11H2,1-2H3,(H,23,25). The van der Waals surface area contributed by atoms with Gasteiger partial charge in [-0.25, -0.2) is 4.79 Å². The van der Waals surface area contributed by atoms with Crippen molar-refractivity contribution in [1.82, 2.24) is 4.57 Å². The van der Waals surface area contributed by atoms with E-state index in [-0.39, 0.29) is 24.3 Å². The van der Waals surface area contributed by atoms with Gasteiger partial charge in [0.15, 0.2) is 0 Å². The predicted octanol–water partition coefficient (Wildman–Crippen LogP) is 4.35. The van der Waals surface area contributed by atoms with Crippen molar-refractivity contribution >= 4 is 39.8 Å². The first-order chi connectivity index (χ1) is 13.9. The van der Waals surface area contributed by atoms with Gasteiger partial charge in [0.1, 0.15) is 17.1 Å². The summed E-state index contributed by atoms with van der Waals surface area (Å²) in [5, 5.41) is 5.48. The van der Waals surface area contributed by atoms with Gasteiger partial charge in [-0.1, -0.05) is 29.8 Å². The molecule has 0 fully saturated rings. The summed E-state index contributed by atoms with van der Waals surface area (Å²) < 4.78 is 6.50. The van der Waals surface area contributed by atoms with E-state index in [1.54, 1.807) is 61.8 Å². The van der Waals surface area contributed by atoms with E-state index in [1.807, 2.05) is 0 Å². The summed E-state index contributed by atoms with van der Waals surface area (Å²) in [6.45, 7) is 3.46. The largest absolute Gasteiger partial charge is 0.462 e. The summed E-state index contributed by atoms with van der Waals surface area (Å²) in [6, 6.07) is 10.4. The Labute approximate surface area is 176 Å². The number of nitrogens with one attached hydrogen (secondary N) is 1. The Morgan fingerprint density at radius 3 is 2.62 bits per heavy atom. The molecule has 29 heavy (non-hydrogen) atoms. The van der Waals surface area contributed by atoms with Gasteiger partial charge in [-0.3, -0.25) is 9.59 Å². The lowest BCUT2D eigenvalue weighted by Crippen LogP contribution is -2.28. The van der Waals surface area contributed by atoms with Crippen molar-refractivity contribution in [3.05, 3.63) is 74.5 Å². The fourth-order valence-corrected chi connectivity index (χ4v) is 3.90. The van der Waals surface area contributed by atoms with Gasteiger partial charge in [-0.15, -0.1) is 11.3 Å². The number of halogens is 1. The van der Waals surface area contributed by atoms with Gasteiger partial charge in [0.2, 0.25) is 5.91 Å². The Bertz CT molecular complexity index is 1100. The number of benzene rings is 1. The molecule has 0 bridgehead atoms. The molecule has 150 valence electrons. The van der Waals surface area contributed by atoms with Crippen molar-refractivity contribution in [2.75, 3.05) is 11.9 Å². The molecule has 6 nitrogen and oxygen atoms in total. The topological polar surface area (TPSA) is 77.4 Å². The number of aromatic nitrogens is 1. The van der Waals surface area contributed by atoms with Crippen molar-refractivity contribution in [2.24, 2.45) is 0 Å². The Morgan fingerprint density at radius 1 is 1.21 bits per heavy atom. The van der Waals surface area contributed by atoms with E-state index in [2.05, 4.69) is 5.32 Å². The molecule has 0 aliphatic heterocycles. The summed E-state index contributed by atoms with van der Waals surface area (Å²) in [6.07, 6.45) is 1.55.